The zero-order valence-electron chi connectivity index (χ0n) is 12.6. The number of rotatable bonds is 6. The van der Waals surface area contributed by atoms with Crippen LogP contribution in [0, 0.1) is 0 Å². The first kappa shape index (κ1) is 15.0. The van der Waals surface area contributed by atoms with Crippen molar-refractivity contribution in [3.05, 3.63) is 52.4 Å². The minimum atomic E-state index is -0.0247. The highest BCUT2D eigenvalue weighted by atomic mass is 16.5. The number of anilines is 1. The number of ether oxygens (including phenoxy) is 2. The molecule has 0 aliphatic rings. The molecule has 112 valence electrons. The summed E-state index contributed by atoms with van der Waals surface area (Å²) in [6.07, 6.45) is 1.77. The largest absolute Gasteiger partial charge is 0.493 e. The Labute approximate surface area is 124 Å². The van der Waals surface area contributed by atoms with Crippen LogP contribution in [0.4, 0.5) is 5.69 Å². The van der Waals surface area contributed by atoms with E-state index in [-0.39, 0.29) is 5.56 Å². The standard InChI is InChI=1S/C16H20N2O3/c1-4-21-14-7-5-12(9-15(14)20-3)10-17-13-6-8-16(19)18(2)11-13/h5-9,11,17H,4,10H2,1-3H3. The maximum absolute atomic E-state index is 11.3. The third-order valence-corrected chi connectivity index (χ3v) is 3.11. The van der Waals surface area contributed by atoms with Crippen LogP contribution in [0.5, 0.6) is 11.5 Å². The number of nitrogens with zero attached hydrogens (tertiary/aromatic N) is 1. The van der Waals surface area contributed by atoms with E-state index in [4.69, 9.17) is 9.47 Å². The van der Waals surface area contributed by atoms with E-state index in [1.54, 1.807) is 37.1 Å². The molecule has 0 saturated heterocycles. The van der Waals surface area contributed by atoms with Crippen LogP contribution in [-0.4, -0.2) is 18.3 Å². The predicted octanol–water partition coefficient (Wildman–Crippen LogP) is 2.40. The Morgan fingerprint density at radius 2 is 2.00 bits per heavy atom. The minimum absolute atomic E-state index is 0.0247. The zero-order chi connectivity index (χ0) is 15.2. The first-order valence-electron chi connectivity index (χ1n) is 6.84. The van der Waals surface area contributed by atoms with E-state index in [2.05, 4.69) is 5.32 Å². The van der Waals surface area contributed by atoms with E-state index in [9.17, 15) is 4.79 Å². The highest BCUT2D eigenvalue weighted by Crippen LogP contribution is 2.28. The van der Waals surface area contributed by atoms with Crippen molar-refractivity contribution in [2.75, 3.05) is 19.0 Å². The lowest BCUT2D eigenvalue weighted by Gasteiger charge is -2.12. The molecule has 0 saturated carbocycles. The SMILES string of the molecule is CCOc1ccc(CNc2ccc(=O)n(C)c2)cc1OC. The van der Waals surface area contributed by atoms with Crippen LogP contribution in [-0.2, 0) is 13.6 Å². The van der Waals surface area contributed by atoms with Gasteiger partial charge in [0.2, 0.25) is 5.56 Å². The second-order valence-electron chi connectivity index (χ2n) is 4.64. The van der Waals surface area contributed by atoms with E-state index in [1.807, 2.05) is 25.1 Å². The fraction of sp³-hybridized carbons (Fsp3) is 0.312. The van der Waals surface area contributed by atoms with E-state index in [0.29, 0.717) is 13.2 Å². The molecule has 0 radical (unpaired) electrons. The number of pyridine rings is 1. The van der Waals surface area contributed by atoms with Crippen LogP contribution in [0.3, 0.4) is 0 Å². The highest BCUT2D eigenvalue weighted by molar-refractivity contribution is 5.45. The van der Waals surface area contributed by atoms with Crippen molar-refractivity contribution < 1.29 is 9.47 Å². The molecule has 0 spiro atoms. The predicted molar refractivity (Wildman–Crippen MR) is 83.2 cm³/mol. The normalized spacial score (nSPS) is 10.2. The monoisotopic (exact) mass is 288 g/mol. The topological polar surface area (TPSA) is 52.5 Å². The van der Waals surface area contributed by atoms with Gasteiger partial charge in [-0.15, -0.1) is 0 Å². The molecule has 21 heavy (non-hydrogen) atoms. The molecule has 0 atom stereocenters. The van der Waals surface area contributed by atoms with Crippen LogP contribution in [0.1, 0.15) is 12.5 Å². The summed E-state index contributed by atoms with van der Waals surface area (Å²) in [6.45, 7) is 3.18. The van der Waals surface area contributed by atoms with Crippen molar-refractivity contribution >= 4 is 5.69 Å². The van der Waals surface area contributed by atoms with E-state index >= 15 is 0 Å². The first-order valence-corrected chi connectivity index (χ1v) is 6.84. The molecule has 5 heteroatoms. The van der Waals surface area contributed by atoms with Crippen molar-refractivity contribution in [1.82, 2.24) is 4.57 Å². The quantitative estimate of drug-likeness (QED) is 0.887. The fourth-order valence-corrected chi connectivity index (χ4v) is 2.00. The summed E-state index contributed by atoms with van der Waals surface area (Å²) in [5.74, 6) is 1.46. The summed E-state index contributed by atoms with van der Waals surface area (Å²) in [7, 11) is 3.36. The van der Waals surface area contributed by atoms with E-state index in [0.717, 1.165) is 22.7 Å². The minimum Gasteiger partial charge on any atom is -0.493 e. The second-order valence-corrected chi connectivity index (χ2v) is 4.64. The van der Waals surface area contributed by atoms with Gasteiger partial charge in [-0.2, -0.15) is 0 Å². The van der Waals surface area contributed by atoms with Gasteiger partial charge in [0.25, 0.3) is 0 Å². The Bertz CT molecular complexity index is 665. The van der Waals surface area contributed by atoms with Gasteiger partial charge in [0.1, 0.15) is 0 Å². The number of aromatic nitrogens is 1. The molecule has 2 aromatic rings. The lowest BCUT2D eigenvalue weighted by atomic mass is 10.2. The molecule has 0 aliphatic carbocycles. The summed E-state index contributed by atoms with van der Waals surface area (Å²) in [5, 5.41) is 3.28. The Morgan fingerprint density at radius 3 is 2.67 bits per heavy atom. The first-order chi connectivity index (χ1) is 10.1. The van der Waals surface area contributed by atoms with Gasteiger partial charge in [0.05, 0.1) is 19.4 Å². The summed E-state index contributed by atoms with van der Waals surface area (Å²) >= 11 is 0. The van der Waals surface area contributed by atoms with Crippen molar-refractivity contribution in [3.63, 3.8) is 0 Å². The van der Waals surface area contributed by atoms with Gasteiger partial charge in [-0.05, 0) is 30.7 Å². The Kier molecular flexibility index (Phi) is 4.87. The maximum atomic E-state index is 11.3. The van der Waals surface area contributed by atoms with Crippen molar-refractivity contribution in [2.24, 2.45) is 7.05 Å². The van der Waals surface area contributed by atoms with Gasteiger partial charge in [-0.1, -0.05) is 6.07 Å². The lowest BCUT2D eigenvalue weighted by Crippen LogP contribution is -2.15. The molecule has 0 fully saturated rings. The van der Waals surface area contributed by atoms with Crippen LogP contribution >= 0.6 is 0 Å². The van der Waals surface area contributed by atoms with Gasteiger partial charge < -0.3 is 19.4 Å². The third kappa shape index (κ3) is 3.78. The van der Waals surface area contributed by atoms with Gasteiger partial charge in [0.15, 0.2) is 11.5 Å². The van der Waals surface area contributed by atoms with Crippen LogP contribution in [0.2, 0.25) is 0 Å². The van der Waals surface area contributed by atoms with E-state index < -0.39 is 0 Å². The number of methoxy groups -OCH3 is 1. The fourth-order valence-electron chi connectivity index (χ4n) is 2.00. The number of benzene rings is 1. The van der Waals surface area contributed by atoms with Crippen molar-refractivity contribution in [3.8, 4) is 11.5 Å². The molecule has 1 N–H and O–H groups in total. The van der Waals surface area contributed by atoms with Gasteiger partial charge >= 0.3 is 0 Å². The summed E-state index contributed by atoms with van der Waals surface area (Å²) in [5.41, 5.74) is 1.94. The summed E-state index contributed by atoms with van der Waals surface area (Å²) < 4.78 is 12.4. The smallest absolute Gasteiger partial charge is 0.250 e. The molecular weight excluding hydrogens is 268 g/mol. The number of aryl methyl sites for hydroxylation is 1. The Morgan fingerprint density at radius 1 is 1.19 bits per heavy atom. The van der Waals surface area contributed by atoms with Crippen molar-refractivity contribution in [2.45, 2.75) is 13.5 Å². The molecule has 1 heterocycles. The van der Waals surface area contributed by atoms with Gasteiger partial charge in [-0.25, -0.2) is 0 Å². The summed E-state index contributed by atoms with van der Waals surface area (Å²) in [4.78, 5) is 11.3. The highest BCUT2D eigenvalue weighted by Gasteiger charge is 2.05. The molecule has 0 amide bonds. The van der Waals surface area contributed by atoms with Crippen LogP contribution < -0.4 is 20.3 Å². The van der Waals surface area contributed by atoms with Gasteiger partial charge in [0, 0.05) is 25.9 Å². The second kappa shape index (κ2) is 6.83. The molecular formula is C16H20N2O3. The summed E-state index contributed by atoms with van der Waals surface area (Å²) in [6, 6.07) is 9.15. The number of hydrogen-bond donors (Lipinski definition) is 1. The van der Waals surface area contributed by atoms with Crippen LogP contribution in [0.15, 0.2) is 41.3 Å². The molecule has 1 aromatic heterocycles. The molecule has 0 unspecified atom stereocenters. The Hall–Kier alpha value is -2.43. The lowest BCUT2D eigenvalue weighted by molar-refractivity contribution is 0.310. The average Bonchev–Trinajstić information content (AvgIpc) is 2.49. The maximum Gasteiger partial charge on any atom is 0.250 e. The Balaban J connectivity index is 2.09. The number of hydrogen-bond acceptors (Lipinski definition) is 4. The van der Waals surface area contributed by atoms with E-state index in [1.165, 1.54) is 0 Å². The zero-order valence-corrected chi connectivity index (χ0v) is 12.6. The third-order valence-electron chi connectivity index (χ3n) is 3.11. The van der Waals surface area contributed by atoms with Crippen molar-refractivity contribution in [1.29, 1.82) is 0 Å². The molecule has 0 aliphatic heterocycles. The van der Waals surface area contributed by atoms with Gasteiger partial charge in [-0.3, -0.25) is 4.79 Å². The molecule has 2 rings (SSSR count). The average molecular weight is 288 g/mol. The number of nitrogens with one attached hydrogen (secondary N) is 1. The molecule has 0 bridgehead atoms. The molecule has 5 nitrogen and oxygen atoms in total. The molecule has 1 aromatic carbocycles. The van der Waals surface area contributed by atoms with Crippen LogP contribution in [0.25, 0.3) is 0 Å².